The Kier molecular flexibility index (Phi) is 2.10. The molecule has 5 heteroatoms. The van der Waals surface area contributed by atoms with Gasteiger partial charge in [-0.2, -0.15) is 0 Å². The van der Waals surface area contributed by atoms with Crippen molar-refractivity contribution in [1.29, 1.82) is 0 Å². The third-order valence-corrected chi connectivity index (χ3v) is 1.77. The molecule has 68 valence electrons. The van der Waals surface area contributed by atoms with E-state index in [1.54, 1.807) is 0 Å². The van der Waals surface area contributed by atoms with Crippen molar-refractivity contribution >= 4 is 11.6 Å². The summed E-state index contributed by atoms with van der Waals surface area (Å²) < 4.78 is 0. The monoisotopic (exact) mass is 181 g/mol. The molecule has 0 amide bonds. The van der Waals surface area contributed by atoms with E-state index in [0.29, 0.717) is 0 Å². The average Bonchev–Trinajstić information content (AvgIpc) is 1.99. The summed E-state index contributed by atoms with van der Waals surface area (Å²) in [5.74, 6) is -1.82. The number of nitrogens with zero attached hydrogens (tertiary/aromatic N) is 1. The summed E-state index contributed by atoms with van der Waals surface area (Å²) in [6, 6.07) is 0. The number of carbonyl (C=O) groups excluding carboxylic acids is 2. The van der Waals surface area contributed by atoms with Crippen LogP contribution >= 0.6 is 0 Å². The minimum absolute atomic E-state index is 0.229. The van der Waals surface area contributed by atoms with Gasteiger partial charge in [0, 0.05) is 11.1 Å². The Hall–Kier alpha value is -1.78. The van der Waals surface area contributed by atoms with E-state index in [2.05, 4.69) is 0 Å². The van der Waals surface area contributed by atoms with Gasteiger partial charge in [0.25, 0.3) is 0 Å². The standard InChI is InChI=1S/C8H7NO4/c1-4-3-5(2)7(10)8(11)6(4)9(12)13/h3H,1-2H3. The Bertz CT molecular complexity index is 376. The summed E-state index contributed by atoms with van der Waals surface area (Å²) in [7, 11) is 0. The first kappa shape index (κ1) is 9.31. The highest BCUT2D eigenvalue weighted by Crippen LogP contribution is 2.18. The Balaban J connectivity index is 3.33. The number of hydrogen-bond acceptors (Lipinski definition) is 4. The molecule has 0 fully saturated rings. The van der Waals surface area contributed by atoms with E-state index in [9.17, 15) is 19.7 Å². The number of nitro groups is 1. The maximum absolute atomic E-state index is 11.1. The van der Waals surface area contributed by atoms with Crippen LogP contribution in [0.25, 0.3) is 0 Å². The molecular formula is C8H7NO4. The second-order valence-corrected chi connectivity index (χ2v) is 2.77. The predicted octanol–water partition coefficient (Wildman–Crippen LogP) is 0.635. The van der Waals surface area contributed by atoms with Crippen LogP contribution in [-0.4, -0.2) is 16.5 Å². The summed E-state index contributed by atoms with van der Waals surface area (Å²) in [6.45, 7) is 2.90. The molecule has 0 atom stereocenters. The molecule has 1 rings (SSSR count). The van der Waals surface area contributed by atoms with Gasteiger partial charge < -0.3 is 0 Å². The molecule has 0 saturated heterocycles. The molecule has 0 radical (unpaired) electrons. The third kappa shape index (κ3) is 1.40. The molecule has 0 aliphatic heterocycles. The van der Waals surface area contributed by atoms with Crippen LogP contribution in [-0.2, 0) is 9.59 Å². The van der Waals surface area contributed by atoms with Crippen molar-refractivity contribution in [3.63, 3.8) is 0 Å². The molecule has 0 unspecified atom stereocenters. The van der Waals surface area contributed by atoms with Gasteiger partial charge in [-0.1, -0.05) is 0 Å². The van der Waals surface area contributed by atoms with Gasteiger partial charge in [-0.15, -0.1) is 0 Å². The Labute approximate surface area is 73.9 Å². The summed E-state index contributed by atoms with van der Waals surface area (Å²) in [4.78, 5) is 31.7. The Morgan fingerprint density at radius 1 is 1.23 bits per heavy atom. The summed E-state index contributed by atoms with van der Waals surface area (Å²) in [6.07, 6.45) is 1.35. The number of ketones is 2. The highest BCUT2D eigenvalue weighted by molar-refractivity contribution is 6.49. The number of hydrogen-bond donors (Lipinski definition) is 0. The first-order chi connectivity index (χ1) is 5.95. The van der Waals surface area contributed by atoms with Crippen LogP contribution in [0.1, 0.15) is 13.8 Å². The van der Waals surface area contributed by atoms with Crippen molar-refractivity contribution in [3.8, 4) is 0 Å². The lowest BCUT2D eigenvalue weighted by molar-refractivity contribution is -0.419. The van der Waals surface area contributed by atoms with E-state index >= 15 is 0 Å². The van der Waals surface area contributed by atoms with Gasteiger partial charge in [-0.05, 0) is 19.9 Å². The van der Waals surface area contributed by atoms with Crippen molar-refractivity contribution < 1.29 is 14.5 Å². The van der Waals surface area contributed by atoms with Gasteiger partial charge in [-0.3, -0.25) is 19.7 Å². The van der Waals surface area contributed by atoms with Crippen LogP contribution in [0.15, 0.2) is 22.9 Å². The van der Waals surface area contributed by atoms with E-state index in [0.717, 1.165) is 0 Å². The zero-order valence-corrected chi connectivity index (χ0v) is 7.16. The van der Waals surface area contributed by atoms with Crippen molar-refractivity contribution in [2.75, 3.05) is 0 Å². The number of carbonyl (C=O) groups is 2. The fourth-order valence-corrected chi connectivity index (χ4v) is 1.15. The second kappa shape index (κ2) is 2.93. The minimum atomic E-state index is -1.03. The molecule has 0 saturated carbocycles. The molecule has 5 nitrogen and oxygen atoms in total. The van der Waals surface area contributed by atoms with E-state index < -0.39 is 22.2 Å². The van der Waals surface area contributed by atoms with Gasteiger partial charge >= 0.3 is 11.5 Å². The van der Waals surface area contributed by atoms with Gasteiger partial charge in [0.15, 0.2) is 0 Å². The molecule has 0 bridgehead atoms. The van der Waals surface area contributed by atoms with Crippen molar-refractivity contribution in [3.05, 3.63) is 33.0 Å². The van der Waals surface area contributed by atoms with Gasteiger partial charge in [0.2, 0.25) is 5.78 Å². The molecule has 0 aromatic rings. The van der Waals surface area contributed by atoms with E-state index in [1.165, 1.54) is 19.9 Å². The number of Topliss-reactive ketones (excluding diaryl/α,β-unsaturated/α-hetero) is 2. The van der Waals surface area contributed by atoms with Crippen LogP contribution in [0.4, 0.5) is 0 Å². The zero-order chi connectivity index (χ0) is 10.2. The van der Waals surface area contributed by atoms with Gasteiger partial charge in [-0.25, -0.2) is 0 Å². The second-order valence-electron chi connectivity index (χ2n) is 2.77. The van der Waals surface area contributed by atoms with Crippen molar-refractivity contribution in [1.82, 2.24) is 0 Å². The van der Waals surface area contributed by atoms with Crippen molar-refractivity contribution in [2.45, 2.75) is 13.8 Å². The van der Waals surface area contributed by atoms with Gasteiger partial charge in [0.05, 0.1) is 4.92 Å². The molecule has 13 heavy (non-hydrogen) atoms. The van der Waals surface area contributed by atoms with Gasteiger partial charge in [0.1, 0.15) is 0 Å². The minimum Gasteiger partial charge on any atom is -0.285 e. The Morgan fingerprint density at radius 3 is 2.23 bits per heavy atom. The predicted molar refractivity (Wildman–Crippen MR) is 43.5 cm³/mol. The first-order valence-electron chi connectivity index (χ1n) is 3.57. The number of allylic oxidation sites excluding steroid dienone is 4. The Morgan fingerprint density at radius 2 is 1.77 bits per heavy atom. The lowest BCUT2D eigenvalue weighted by Crippen LogP contribution is -2.26. The highest BCUT2D eigenvalue weighted by Gasteiger charge is 2.34. The smallest absolute Gasteiger partial charge is 0.285 e. The maximum Gasteiger partial charge on any atom is 0.323 e. The normalized spacial score (nSPS) is 17.5. The van der Waals surface area contributed by atoms with Crippen molar-refractivity contribution in [2.24, 2.45) is 0 Å². The van der Waals surface area contributed by atoms with Crippen LogP contribution in [0, 0.1) is 10.1 Å². The first-order valence-corrected chi connectivity index (χ1v) is 3.57. The fourth-order valence-electron chi connectivity index (χ4n) is 1.15. The van der Waals surface area contributed by atoms with Crippen LogP contribution in [0.5, 0.6) is 0 Å². The maximum atomic E-state index is 11.1. The van der Waals surface area contributed by atoms with E-state index in [-0.39, 0.29) is 11.1 Å². The summed E-state index contributed by atoms with van der Waals surface area (Å²) in [5.41, 5.74) is -0.143. The average molecular weight is 181 g/mol. The molecule has 0 aromatic carbocycles. The molecule has 0 N–H and O–H groups in total. The fraction of sp³-hybridized carbons (Fsp3) is 0.250. The molecular weight excluding hydrogens is 174 g/mol. The molecule has 0 aromatic heterocycles. The van der Waals surface area contributed by atoms with E-state index in [1.807, 2.05) is 0 Å². The lowest BCUT2D eigenvalue weighted by atomic mass is 9.96. The van der Waals surface area contributed by atoms with E-state index in [4.69, 9.17) is 0 Å². The molecule has 1 aliphatic rings. The SMILES string of the molecule is CC1=CC(C)=C([N+](=O)[O-])C(=O)C1=O. The molecule has 0 heterocycles. The van der Waals surface area contributed by atoms with Crippen LogP contribution in [0.2, 0.25) is 0 Å². The molecule has 1 aliphatic carbocycles. The number of rotatable bonds is 1. The molecule has 0 spiro atoms. The van der Waals surface area contributed by atoms with Crippen LogP contribution < -0.4 is 0 Å². The quantitative estimate of drug-likeness (QED) is 0.257. The zero-order valence-electron chi connectivity index (χ0n) is 7.16. The lowest BCUT2D eigenvalue weighted by Gasteiger charge is -2.06. The highest BCUT2D eigenvalue weighted by atomic mass is 16.6. The summed E-state index contributed by atoms with van der Waals surface area (Å²) >= 11 is 0. The largest absolute Gasteiger partial charge is 0.323 e. The topological polar surface area (TPSA) is 77.3 Å². The summed E-state index contributed by atoms with van der Waals surface area (Å²) in [5, 5.41) is 10.4. The van der Waals surface area contributed by atoms with Crippen LogP contribution in [0.3, 0.4) is 0 Å². The third-order valence-electron chi connectivity index (χ3n) is 1.77.